The smallest absolute Gasteiger partial charge is 0.119 e. The number of para-hydroxylation sites is 3. The Labute approximate surface area is 290 Å². The van der Waals surface area contributed by atoms with Crippen molar-refractivity contribution in [3.63, 3.8) is 0 Å². The Bertz CT molecular complexity index is 819. The minimum absolute atomic E-state index is 0. The number of epoxide rings is 3. The molecule has 0 N–H and O–H groups in total. The Morgan fingerprint density at radius 3 is 0.787 bits per heavy atom. The van der Waals surface area contributed by atoms with Crippen LogP contribution in [-0.4, -0.2) is 58.0 Å². The van der Waals surface area contributed by atoms with Crippen LogP contribution in [0.2, 0.25) is 0 Å². The maximum atomic E-state index is 5.40. The van der Waals surface area contributed by atoms with E-state index in [1.807, 2.05) is 133 Å². The highest BCUT2D eigenvalue weighted by molar-refractivity contribution is 5.22. The third kappa shape index (κ3) is 34.1. The molecule has 6 nitrogen and oxygen atoms in total. The van der Waals surface area contributed by atoms with Crippen LogP contribution in [0.1, 0.15) is 95.9 Å². The average Bonchev–Trinajstić information content (AvgIpc) is 3.98. The Kier molecular flexibility index (Phi) is 38.5. The zero-order valence-corrected chi connectivity index (χ0v) is 30.7. The van der Waals surface area contributed by atoms with Gasteiger partial charge in [0.2, 0.25) is 0 Å². The molecule has 3 fully saturated rings. The van der Waals surface area contributed by atoms with Crippen molar-refractivity contribution in [2.75, 3.05) is 39.6 Å². The molecule has 6 heteroatoms. The van der Waals surface area contributed by atoms with Gasteiger partial charge in [0.1, 0.15) is 55.4 Å². The summed E-state index contributed by atoms with van der Waals surface area (Å²) in [6.45, 7) is 25.2. The lowest BCUT2D eigenvalue weighted by atomic mass is 10.3. The summed E-state index contributed by atoms with van der Waals surface area (Å²) in [6, 6.07) is 29.4. The van der Waals surface area contributed by atoms with E-state index in [4.69, 9.17) is 28.4 Å². The van der Waals surface area contributed by atoms with Crippen molar-refractivity contribution in [2.45, 2.75) is 114 Å². The molecular formula is C41H70O6. The van der Waals surface area contributed by atoms with Crippen molar-refractivity contribution in [3.05, 3.63) is 91.0 Å². The van der Waals surface area contributed by atoms with Crippen LogP contribution in [-0.2, 0) is 14.2 Å². The van der Waals surface area contributed by atoms with Crippen LogP contribution in [0.25, 0.3) is 0 Å². The average molecular weight is 659 g/mol. The van der Waals surface area contributed by atoms with Crippen LogP contribution in [0.3, 0.4) is 0 Å². The summed E-state index contributed by atoms with van der Waals surface area (Å²) in [5.74, 6) is 2.76. The van der Waals surface area contributed by atoms with Gasteiger partial charge in [-0.15, -0.1) is 0 Å². The summed E-state index contributed by atoms with van der Waals surface area (Å²) in [5, 5.41) is 0. The molecule has 0 aromatic heterocycles. The molecule has 270 valence electrons. The maximum Gasteiger partial charge on any atom is 0.119 e. The molecule has 0 spiro atoms. The molecule has 0 bridgehead atoms. The van der Waals surface area contributed by atoms with Gasteiger partial charge in [0.15, 0.2) is 0 Å². The first kappa shape index (κ1) is 48.3. The molecule has 3 unspecified atom stereocenters. The lowest BCUT2D eigenvalue weighted by Gasteiger charge is -2.01. The Balaban J connectivity index is -0.000000520. The Morgan fingerprint density at radius 1 is 0.447 bits per heavy atom. The van der Waals surface area contributed by atoms with Gasteiger partial charge in [-0.05, 0) is 36.4 Å². The standard InChI is InChI=1S/3C9H10O2.C4H10.C3H8.3C2H6.CH4/c3*1-2-4-8(5-3-1)10-6-9-7-11-9;1-3-4-2;1-3-2;3*1-2;/h3*1-5,9H,6-7H2;3-4H2,1-2H3;3H2,1-2H3;3*1-2H3;1H4. The molecular weight excluding hydrogens is 588 g/mol. The second kappa shape index (κ2) is 37.4. The first-order valence-electron chi connectivity index (χ1n) is 17.6. The van der Waals surface area contributed by atoms with Gasteiger partial charge >= 0.3 is 0 Å². The van der Waals surface area contributed by atoms with Crippen molar-refractivity contribution in [1.29, 1.82) is 0 Å². The zero-order chi connectivity index (χ0) is 34.7. The van der Waals surface area contributed by atoms with E-state index < -0.39 is 0 Å². The van der Waals surface area contributed by atoms with Gasteiger partial charge in [0.25, 0.3) is 0 Å². The normalized spacial score (nSPS) is 16.3. The van der Waals surface area contributed by atoms with Crippen molar-refractivity contribution < 1.29 is 28.4 Å². The lowest BCUT2D eigenvalue weighted by Crippen LogP contribution is -2.03. The van der Waals surface area contributed by atoms with Crippen LogP contribution < -0.4 is 14.2 Å². The van der Waals surface area contributed by atoms with Crippen LogP contribution in [0, 0.1) is 0 Å². The monoisotopic (exact) mass is 659 g/mol. The van der Waals surface area contributed by atoms with Gasteiger partial charge in [-0.1, -0.05) is 151 Å². The van der Waals surface area contributed by atoms with Crippen LogP contribution in [0.5, 0.6) is 17.2 Å². The number of unbranched alkanes of at least 4 members (excludes halogenated alkanes) is 1. The fourth-order valence-corrected chi connectivity index (χ4v) is 2.61. The van der Waals surface area contributed by atoms with Gasteiger partial charge in [-0.3, -0.25) is 0 Å². The highest BCUT2D eigenvalue weighted by atomic mass is 16.6. The van der Waals surface area contributed by atoms with Crippen molar-refractivity contribution in [1.82, 2.24) is 0 Å². The van der Waals surface area contributed by atoms with E-state index in [0.29, 0.717) is 38.1 Å². The second-order valence-electron chi connectivity index (χ2n) is 9.45. The van der Waals surface area contributed by atoms with E-state index in [9.17, 15) is 0 Å². The van der Waals surface area contributed by atoms with E-state index in [1.54, 1.807) is 0 Å². The highest BCUT2D eigenvalue weighted by Gasteiger charge is 2.24. The Morgan fingerprint density at radius 2 is 0.638 bits per heavy atom. The van der Waals surface area contributed by atoms with Crippen LogP contribution >= 0.6 is 0 Å². The molecule has 6 rings (SSSR count). The zero-order valence-electron chi connectivity index (χ0n) is 30.7. The molecule has 3 aliphatic heterocycles. The number of ether oxygens (including phenoxy) is 6. The fraction of sp³-hybridized carbons (Fsp3) is 0.561. The summed E-state index contributed by atoms with van der Waals surface area (Å²) >= 11 is 0. The van der Waals surface area contributed by atoms with Crippen molar-refractivity contribution in [2.24, 2.45) is 0 Å². The summed E-state index contributed by atoms with van der Waals surface area (Å²) in [4.78, 5) is 0. The van der Waals surface area contributed by atoms with Gasteiger partial charge in [0, 0.05) is 0 Å². The molecule has 47 heavy (non-hydrogen) atoms. The predicted molar refractivity (Wildman–Crippen MR) is 202 cm³/mol. The third-order valence-electron chi connectivity index (χ3n) is 5.24. The molecule has 3 aliphatic rings. The SMILES string of the molecule is C.CC.CC.CC.CCC.CCCC.c1ccc(OCC2CO2)cc1.c1ccc(OCC2CO2)cc1.c1ccc(OCC2CO2)cc1. The predicted octanol–water partition coefficient (Wildman–Crippen LogP) is 11.3. The first-order valence-corrected chi connectivity index (χ1v) is 17.6. The van der Waals surface area contributed by atoms with Gasteiger partial charge < -0.3 is 28.4 Å². The first-order chi connectivity index (χ1) is 22.7. The summed E-state index contributed by atoms with van der Waals surface area (Å²) in [6.07, 6.45) is 4.92. The molecule has 0 saturated carbocycles. The molecule has 3 aromatic rings. The van der Waals surface area contributed by atoms with Crippen LogP contribution in [0.15, 0.2) is 91.0 Å². The fourth-order valence-electron chi connectivity index (χ4n) is 2.61. The summed E-state index contributed by atoms with van der Waals surface area (Å²) in [5.41, 5.74) is 0. The number of hydrogen-bond acceptors (Lipinski definition) is 6. The van der Waals surface area contributed by atoms with Gasteiger partial charge in [-0.2, -0.15) is 0 Å². The molecule has 0 radical (unpaired) electrons. The molecule has 3 atom stereocenters. The summed E-state index contributed by atoms with van der Waals surface area (Å²) in [7, 11) is 0. The topological polar surface area (TPSA) is 65.3 Å². The third-order valence-corrected chi connectivity index (χ3v) is 5.24. The largest absolute Gasteiger partial charge is 0.491 e. The number of hydrogen-bond donors (Lipinski definition) is 0. The summed E-state index contributed by atoms with van der Waals surface area (Å²) < 4.78 is 31.2. The number of benzene rings is 3. The molecule has 0 amide bonds. The van der Waals surface area contributed by atoms with Crippen LogP contribution in [0.4, 0.5) is 0 Å². The van der Waals surface area contributed by atoms with E-state index in [0.717, 1.165) is 37.1 Å². The van der Waals surface area contributed by atoms with E-state index in [2.05, 4.69) is 27.7 Å². The van der Waals surface area contributed by atoms with Crippen molar-refractivity contribution in [3.8, 4) is 17.2 Å². The maximum absolute atomic E-state index is 5.40. The molecule has 3 heterocycles. The van der Waals surface area contributed by atoms with Crippen molar-refractivity contribution >= 4 is 0 Å². The molecule has 0 aliphatic carbocycles. The highest BCUT2D eigenvalue weighted by Crippen LogP contribution is 2.15. The minimum atomic E-state index is 0. The quantitative estimate of drug-likeness (QED) is 0.202. The minimum Gasteiger partial charge on any atom is -0.491 e. The van der Waals surface area contributed by atoms with E-state index in [-0.39, 0.29) is 7.43 Å². The number of rotatable bonds is 10. The Hall–Kier alpha value is -3.06. The molecule has 3 aromatic carbocycles. The molecule has 3 saturated heterocycles. The van der Waals surface area contributed by atoms with Gasteiger partial charge in [-0.25, -0.2) is 0 Å². The van der Waals surface area contributed by atoms with E-state index >= 15 is 0 Å². The van der Waals surface area contributed by atoms with Gasteiger partial charge in [0.05, 0.1) is 19.8 Å². The lowest BCUT2D eigenvalue weighted by molar-refractivity contribution is 0.263. The second-order valence-corrected chi connectivity index (χ2v) is 9.45. The van der Waals surface area contributed by atoms with E-state index in [1.165, 1.54) is 19.3 Å².